The highest BCUT2D eigenvalue weighted by Gasteiger charge is 2.26. The molecule has 1 saturated heterocycles. The molecule has 7 nitrogen and oxygen atoms in total. The summed E-state index contributed by atoms with van der Waals surface area (Å²) in [5.74, 6) is -0.00325. The standard InChI is InChI=1S/C23H29N5O2S/c1-4-5-11-19-16(2)25-28(21(19)29)23-24-17(3)20(31-23)22(30)27-14-12-26(13-15-27)18-9-7-6-8-10-18/h6-10,25H,4-5,11-15H2,1-3H3. The van der Waals surface area contributed by atoms with Gasteiger partial charge in [-0.25, -0.2) is 4.98 Å². The van der Waals surface area contributed by atoms with Crippen LogP contribution in [-0.4, -0.2) is 51.8 Å². The molecule has 1 aliphatic rings. The Labute approximate surface area is 186 Å². The molecule has 3 heterocycles. The van der Waals surface area contributed by atoms with Gasteiger partial charge in [0.25, 0.3) is 11.5 Å². The molecule has 8 heteroatoms. The Balaban J connectivity index is 1.50. The number of carbonyl (C=O) groups excluding carboxylic acids is 1. The second kappa shape index (κ2) is 9.09. The van der Waals surface area contributed by atoms with Crippen molar-refractivity contribution in [1.29, 1.82) is 0 Å². The molecular weight excluding hydrogens is 410 g/mol. The Morgan fingerprint density at radius 3 is 2.52 bits per heavy atom. The smallest absolute Gasteiger partial charge is 0.276 e. The monoisotopic (exact) mass is 439 g/mol. The number of H-pyrrole nitrogens is 1. The fourth-order valence-corrected chi connectivity index (χ4v) is 4.99. The summed E-state index contributed by atoms with van der Waals surface area (Å²) in [7, 11) is 0. The number of amides is 1. The highest BCUT2D eigenvalue weighted by atomic mass is 32.1. The molecule has 0 aliphatic carbocycles. The largest absolute Gasteiger partial charge is 0.368 e. The van der Waals surface area contributed by atoms with E-state index in [0.717, 1.165) is 43.6 Å². The molecule has 0 bridgehead atoms. The van der Waals surface area contributed by atoms with Crippen molar-refractivity contribution < 1.29 is 4.79 Å². The SMILES string of the molecule is CCCCc1c(C)[nH]n(-c2nc(C)c(C(=O)N3CCN(c4ccccc4)CC3)s2)c1=O. The van der Waals surface area contributed by atoms with Gasteiger partial charge >= 0.3 is 0 Å². The van der Waals surface area contributed by atoms with Gasteiger partial charge in [0.1, 0.15) is 4.88 Å². The lowest BCUT2D eigenvalue weighted by atomic mass is 10.1. The molecule has 164 valence electrons. The topological polar surface area (TPSA) is 74.2 Å². The summed E-state index contributed by atoms with van der Waals surface area (Å²) in [4.78, 5) is 35.4. The molecule has 0 atom stereocenters. The average molecular weight is 440 g/mol. The number of aromatic amines is 1. The first-order valence-corrected chi connectivity index (χ1v) is 11.7. The van der Waals surface area contributed by atoms with Gasteiger partial charge in [0, 0.05) is 43.1 Å². The van der Waals surface area contributed by atoms with Crippen LogP contribution >= 0.6 is 11.3 Å². The second-order valence-electron chi connectivity index (χ2n) is 7.99. The van der Waals surface area contributed by atoms with Crippen molar-refractivity contribution in [3.63, 3.8) is 0 Å². The molecule has 0 unspecified atom stereocenters. The first kappa shape index (κ1) is 21.4. The van der Waals surface area contributed by atoms with E-state index in [1.807, 2.05) is 36.9 Å². The highest BCUT2D eigenvalue weighted by molar-refractivity contribution is 7.16. The molecule has 1 N–H and O–H groups in total. The van der Waals surface area contributed by atoms with Crippen LogP contribution in [0.5, 0.6) is 0 Å². The van der Waals surface area contributed by atoms with Crippen LogP contribution in [0.1, 0.15) is 46.4 Å². The van der Waals surface area contributed by atoms with Crippen LogP contribution in [0.2, 0.25) is 0 Å². The molecule has 1 amide bonds. The summed E-state index contributed by atoms with van der Waals surface area (Å²) in [6.45, 7) is 8.81. The zero-order chi connectivity index (χ0) is 22.0. The van der Waals surface area contributed by atoms with Crippen LogP contribution in [0, 0.1) is 13.8 Å². The normalized spacial score (nSPS) is 14.3. The van der Waals surface area contributed by atoms with Crippen molar-refractivity contribution in [3.8, 4) is 5.13 Å². The summed E-state index contributed by atoms with van der Waals surface area (Å²) >= 11 is 1.29. The highest BCUT2D eigenvalue weighted by Crippen LogP contribution is 2.24. The third-order valence-corrected chi connectivity index (χ3v) is 6.96. The molecule has 1 aromatic carbocycles. The number of hydrogen-bond donors (Lipinski definition) is 1. The van der Waals surface area contributed by atoms with Crippen molar-refractivity contribution in [2.24, 2.45) is 0 Å². The lowest BCUT2D eigenvalue weighted by Crippen LogP contribution is -2.48. The number of para-hydroxylation sites is 1. The second-order valence-corrected chi connectivity index (χ2v) is 8.96. The third-order valence-electron chi connectivity index (χ3n) is 5.83. The molecule has 3 aromatic rings. The van der Waals surface area contributed by atoms with Crippen LogP contribution in [0.3, 0.4) is 0 Å². The third kappa shape index (κ3) is 4.30. The Morgan fingerprint density at radius 1 is 1.13 bits per heavy atom. The molecule has 0 saturated carbocycles. The van der Waals surface area contributed by atoms with Gasteiger partial charge in [0.2, 0.25) is 5.13 Å². The predicted octanol–water partition coefficient (Wildman–Crippen LogP) is 3.54. The minimum absolute atomic E-state index is 0.00325. The number of hydrogen-bond acceptors (Lipinski definition) is 5. The van der Waals surface area contributed by atoms with Crippen LogP contribution in [0.25, 0.3) is 5.13 Å². The molecule has 0 spiro atoms. The van der Waals surface area contributed by atoms with Gasteiger partial charge < -0.3 is 9.80 Å². The number of anilines is 1. The number of aryl methyl sites for hydroxylation is 2. The number of thiazole rings is 1. The number of piperazine rings is 1. The lowest BCUT2D eigenvalue weighted by molar-refractivity contribution is 0.0750. The number of unbranched alkanes of at least 4 members (excludes halogenated alkanes) is 1. The van der Waals surface area contributed by atoms with Gasteiger partial charge in [-0.3, -0.25) is 14.7 Å². The van der Waals surface area contributed by atoms with Crippen LogP contribution in [-0.2, 0) is 6.42 Å². The Kier molecular flexibility index (Phi) is 6.27. The van der Waals surface area contributed by atoms with E-state index in [0.29, 0.717) is 28.8 Å². The minimum atomic E-state index is -0.0600. The molecule has 4 rings (SSSR count). The molecule has 0 radical (unpaired) electrons. The fourth-order valence-electron chi connectivity index (χ4n) is 3.99. The van der Waals surface area contributed by atoms with Crippen molar-refractivity contribution in [3.05, 3.63) is 62.5 Å². The summed E-state index contributed by atoms with van der Waals surface area (Å²) in [6.07, 6.45) is 2.77. The Morgan fingerprint density at radius 2 is 1.84 bits per heavy atom. The summed E-state index contributed by atoms with van der Waals surface area (Å²) < 4.78 is 1.49. The van der Waals surface area contributed by atoms with Gasteiger partial charge in [-0.05, 0) is 38.8 Å². The molecular formula is C23H29N5O2S. The number of nitrogens with one attached hydrogen (secondary N) is 1. The van der Waals surface area contributed by atoms with Crippen molar-refractivity contribution >= 4 is 22.9 Å². The van der Waals surface area contributed by atoms with Crippen molar-refractivity contribution in [1.82, 2.24) is 19.7 Å². The molecule has 1 fully saturated rings. The molecule has 2 aromatic heterocycles. The first-order valence-electron chi connectivity index (χ1n) is 10.9. The van der Waals surface area contributed by atoms with Crippen molar-refractivity contribution in [2.75, 3.05) is 31.1 Å². The van der Waals surface area contributed by atoms with E-state index in [2.05, 4.69) is 34.0 Å². The van der Waals surface area contributed by atoms with Gasteiger partial charge in [0.15, 0.2) is 0 Å². The van der Waals surface area contributed by atoms with Gasteiger partial charge in [0.05, 0.1) is 5.69 Å². The van der Waals surface area contributed by atoms with E-state index in [1.165, 1.54) is 21.7 Å². The van der Waals surface area contributed by atoms with Gasteiger partial charge in [-0.1, -0.05) is 42.9 Å². The number of benzene rings is 1. The lowest BCUT2D eigenvalue weighted by Gasteiger charge is -2.36. The van der Waals surface area contributed by atoms with E-state index < -0.39 is 0 Å². The van der Waals surface area contributed by atoms with Crippen LogP contribution in [0.15, 0.2) is 35.1 Å². The number of carbonyl (C=O) groups is 1. The number of rotatable bonds is 6. The summed E-state index contributed by atoms with van der Waals surface area (Å²) in [6, 6.07) is 10.3. The fraction of sp³-hybridized carbons (Fsp3) is 0.435. The van der Waals surface area contributed by atoms with E-state index in [1.54, 1.807) is 0 Å². The van der Waals surface area contributed by atoms with E-state index >= 15 is 0 Å². The maximum absolute atomic E-state index is 13.2. The zero-order valence-electron chi connectivity index (χ0n) is 18.4. The van der Waals surface area contributed by atoms with Crippen LogP contribution < -0.4 is 10.5 Å². The quantitative estimate of drug-likeness (QED) is 0.638. The van der Waals surface area contributed by atoms with Gasteiger partial charge in [-0.2, -0.15) is 4.68 Å². The van der Waals surface area contributed by atoms with E-state index in [-0.39, 0.29) is 11.5 Å². The number of nitrogens with zero attached hydrogens (tertiary/aromatic N) is 4. The van der Waals surface area contributed by atoms with E-state index in [9.17, 15) is 9.59 Å². The minimum Gasteiger partial charge on any atom is -0.368 e. The molecule has 1 aliphatic heterocycles. The van der Waals surface area contributed by atoms with Gasteiger partial charge in [-0.15, -0.1) is 0 Å². The van der Waals surface area contributed by atoms with Crippen molar-refractivity contribution in [2.45, 2.75) is 40.0 Å². The predicted molar refractivity (Wildman–Crippen MR) is 125 cm³/mol. The van der Waals surface area contributed by atoms with Crippen LogP contribution in [0.4, 0.5) is 5.69 Å². The zero-order valence-corrected chi connectivity index (χ0v) is 19.2. The Bertz CT molecular complexity index is 1110. The number of aromatic nitrogens is 3. The average Bonchev–Trinajstić information content (AvgIpc) is 3.31. The first-order chi connectivity index (χ1) is 15.0. The molecule has 31 heavy (non-hydrogen) atoms. The van der Waals surface area contributed by atoms with E-state index in [4.69, 9.17) is 0 Å². The Hall–Kier alpha value is -2.87. The maximum Gasteiger partial charge on any atom is 0.276 e. The maximum atomic E-state index is 13.2. The summed E-state index contributed by atoms with van der Waals surface area (Å²) in [5, 5.41) is 3.67. The summed E-state index contributed by atoms with van der Waals surface area (Å²) in [5.41, 5.74) is 3.47.